The van der Waals surface area contributed by atoms with Crippen molar-refractivity contribution < 1.29 is 8.42 Å². The van der Waals surface area contributed by atoms with Gasteiger partial charge in [0.25, 0.3) is 10.2 Å². The molecule has 0 bridgehead atoms. The topological polar surface area (TPSA) is 66.6 Å². The summed E-state index contributed by atoms with van der Waals surface area (Å²) in [5.41, 5.74) is 5.71. The molecule has 0 aromatic carbocycles. The van der Waals surface area contributed by atoms with Crippen molar-refractivity contribution in [3.63, 3.8) is 0 Å². The van der Waals surface area contributed by atoms with Crippen LogP contribution in [0.1, 0.15) is 32.1 Å². The molecule has 0 amide bonds. The second-order valence-corrected chi connectivity index (χ2v) is 6.93. The molecule has 104 valence electrons. The minimum absolute atomic E-state index is 0.0326. The van der Waals surface area contributed by atoms with E-state index < -0.39 is 10.2 Å². The van der Waals surface area contributed by atoms with E-state index in [-0.39, 0.29) is 12.1 Å². The number of nitrogens with zero attached hydrogens (tertiary/aromatic N) is 2. The molecule has 6 heteroatoms. The number of nitrogens with two attached hydrogens (primary N) is 1. The highest BCUT2D eigenvalue weighted by Crippen LogP contribution is 2.32. The molecule has 2 rings (SSSR count). The summed E-state index contributed by atoms with van der Waals surface area (Å²) in [6, 6.07) is 0.142. The van der Waals surface area contributed by atoms with Crippen LogP contribution in [0.2, 0.25) is 0 Å². The van der Waals surface area contributed by atoms with Crippen molar-refractivity contribution in [2.24, 2.45) is 5.73 Å². The van der Waals surface area contributed by atoms with E-state index >= 15 is 0 Å². The standard InChI is InChI=1S/C12H23N3O2S/c1-2-8-14(11-6-7-11)18(16,17)15-9-4-3-5-12(15)10-13/h2,11-12H,1,3-10,13H2. The normalized spacial score (nSPS) is 26.4. The SMILES string of the molecule is C=CCN(C1CC1)S(=O)(=O)N1CCCCC1CN. The van der Waals surface area contributed by atoms with Crippen LogP contribution in [-0.2, 0) is 10.2 Å². The maximum atomic E-state index is 12.7. The van der Waals surface area contributed by atoms with Gasteiger partial charge in [-0.1, -0.05) is 12.5 Å². The van der Waals surface area contributed by atoms with Gasteiger partial charge in [-0.25, -0.2) is 0 Å². The van der Waals surface area contributed by atoms with Gasteiger partial charge in [-0.05, 0) is 25.7 Å². The van der Waals surface area contributed by atoms with E-state index in [0.717, 1.165) is 32.1 Å². The maximum Gasteiger partial charge on any atom is 0.282 e. The van der Waals surface area contributed by atoms with Gasteiger partial charge < -0.3 is 5.73 Å². The smallest absolute Gasteiger partial charge is 0.282 e. The predicted molar refractivity (Wildman–Crippen MR) is 72.2 cm³/mol. The van der Waals surface area contributed by atoms with Crippen LogP contribution in [0, 0.1) is 0 Å². The highest BCUT2D eigenvalue weighted by Gasteiger charge is 2.42. The highest BCUT2D eigenvalue weighted by molar-refractivity contribution is 7.86. The van der Waals surface area contributed by atoms with Crippen LogP contribution in [0.5, 0.6) is 0 Å². The van der Waals surface area contributed by atoms with Gasteiger partial charge in [-0.15, -0.1) is 6.58 Å². The van der Waals surface area contributed by atoms with Gasteiger partial charge in [0.2, 0.25) is 0 Å². The molecular weight excluding hydrogens is 250 g/mol. The van der Waals surface area contributed by atoms with E-state index in [4.69, 9.17) is 5.73 Å². The second-order valence-electron chi connectivity index (χ2n) is 5.09. The molecule has 1 aliphatic carbocycles. The fraction of sp³-hybridized carbons (Fsp3) is 0.833. The third-order valence-electron chi connectivity index (χ3n) is 3.70. The summed E-state index contributed by atoms with van der Waals surface area (Å²) in [5.74, 6) is 0. The molecule has 1 aliphatic heterocycles. The number of hydrogen-bond acceptors (Lipinski definition) is 3. The van der Waals surface area contributed by atoms with Crippen molar-refractivity contribution >= 4 is 10.2 Å². The molecule has 2 aliphatic rings. The zero-order valence-corrected chi connectivity index (χ0v) is 11.6. The lowest BCUT2D eigenvalue weighted by atomic mass is 10.1. The van der Waals surface area contributed by atoms with Crippen LogP contribution in [0.3, 0.4) is 0 Å². The summed E-state index contributed by atoms with van der Waals surface area (Å²) in [6.07, 6.45) is 6.48. The molecule has 0 aromatic rings. The first-order chi connectivity index (χ1) is 8.61. The highest BCUT2D eigenvalue weighted by atomic mass is 32.2. The molecular formula is C12H23N3O2S. The largest absolute Gasteiger partial charge is 0.329 e. The summed E-state index contributed by atoms with van der Waals surface area (Å²) in [6.45, 7) is 5.07. The number of piperidine rings is 1. The Morgan fingerprint density at radius 3 is 2.61 bits per heavy atom. The van der Waals surface area contributed by atoms with E-state index in [1.165, 1.54) is 0 Å². The molecule has 1 atom stereocenters. The first-order valence-electron chi connectivity index (χ1n) is 6.71. The zero-order chi connectivity index (χ0) is 13.2. The van der Waals surface area contributed by atoms with Crippen LogP contribution >= 0.6 is 0 Å². The first kappa shape index (κ1) is 14.0. The fourth-order valence-corrected chi connectivity index (χ4v) is 4.65. The monoisotopic (exact) mass is 273 g/mol. The quantitative estimate of drug-likeness (QED) is 0.724. The van der Waals surface area contributed by atoms with Crippen molar-refractivity contribution in [2.75, 3.05) is 19.6 Å². The van der Waals surface area contributed by atoms with Crippen molar-refractivity contribution in [1.29, 1.82) is 0 Å². The molecule has 2 N–H and O–H groups in total. The summed E-state index contributed by atoms with van der Waals surface area (Å²) >= 11 is 0. The molecule has 1 saturated carbocycles. The Labute approximate surface area is 110 Å². The molecule has 5 nitrogen and oxygen atoms in total. The molecule has 2 fully saturated rings. The van der Waals surface area contributed by atoms with Gasteiger partial charge >= 0.3 is 0 Å². The van der Waals surface area contributed by atoms with Crippen molar-refractivity contribution in [3.05, 3.63) is 12.7 Å². The summed E-state index contributed by atoms with van der Waals surface area (Å²) in [4.78, 5) is 0. The third-order valence-corrected chi connectivity index (χ3v) is 5.81. The van der Waals surface area contributed by atoms with Crippen LogP contribution in [-0.4, -0.2) is 48.7 Å². The van der Waals surface area contributed by atoms with Crippen molar-refractivity contribution in [2.45, 2.75) is 44.2 Å². The van der Waals surface area contributed by atoms with Crippen molar-refractivity contribution in [1.82, 2.24) is 8.61 Å². The summed E-state index contributed by atoms with van der Waals surface area (Å²) in [5, 5.41) is 0. The Balaban J connectivity index is 2.18. The predicted octanol–water partition coefficient (Wildman–Crippen LogP) is 0.695. The average Bonchev–Trinajstić information content (AvgIpc) is 3.19. The van der Waals surface area contributed by atoms with E-state index in [2.05, 4.69) is 6.58 Å². The van der Waals surface area contributed by atoms with Gasteiger partial charge in [0.1, 0.15) is 0 Å². The van der Waals surface area contributed by atoms with Crippen LogP contribution in [0.4, 0.5) is 0 Å². The Morgan fingerprint density at radius 2 is 2.06 bits per heavy atom. The fourth-order valence-electron chi connectivity index (χ4n) is 2.57. The van der Waals surface area contributed by atoms with Crippen LogP contribution in [0.15, 0.2) is 12.7 Å². The van der Waals surface area contributed by atoms with Crippen molar-refractivity contribution in [3.8, 4) is 0 Å². The Hall–Kier alpha value is -0.430. The second kappa shape index (κ2) is 5.69. The van der Waals surface area contributed by atoms with Gasteiger partial charge in [-0.3, -0.25) is 0 Å². The van der Waals surface area contributed by atoms with E-state index in [0.29, 0.717) is 19.6 Å². The Morgan fingerprint density at radius 1 is 1.33 bits per heavy atom. The minimum Gasteiger partial charge on any atom is -0.329 e. The first-order valence-corrected chi connectivity index (χ1v) is 8.10. The van der Waals surface area contributed by atoms with Crippen LogP contribution < -0.4 is 5.73 Å². The third kappa shape index (κ3) is 2.77. The van der Waals surface area contributed by atoms with E-state index in [9.17, 15) is 8.42 Å². The molecule has 18 heavy (non-hydrogen) atoms. The summed E-state index contributed by atoms with van der Waals surface area (Å²) in [7, 11) is -3.37. The molecule has 1 heterocycles. The molecule has 1 unspecified atom stereocenters. The van der Waals surface area contributed by atoms with E-state index in [1.54, 1.807) is 14.7 Å². The number of hydrogen-bond donors (Lipinski definition) is 1. The van der Waals surface area contributed by atoms with Gasteiger partial charge in [0.15, 0.2) is 0 Å². The van der Waals surface area contributed by atoms with Gasteiger partial charge in [-0.2, -0.15) is 17.0 Å². The summed E-state index contributed by atoms with van der Waals surface area (Å²) < 4.78 is 28.6. The van der Waals surface area contributed by atoms with Crippen LogP contribution in [0.25, 0.3) is 0 Å². The molecule has 0 spiro atoms. The lowest BCUT2D eigenvalue weighted by Crippen LogP contribution is -2.53. The Kier molecular flexibility index (Phi) is 4.42. The molecule has 1 saturated heterocycles. The lowest BCUT2D eigenvalue weighted by molar-refractivity contribution is 0.236. The number of rotatable bonds is 6. The van der Waals surface area contributed by atoms with E-state index in [1.807, 2.05) is 0 Å². The maximum absolute atomic E-state index is 12.7. The average molecular weight is 273 g/mol. The molecule has 0 aromatic heterocycles. The lowest BCUT2D eigenvalue weighted by Gasteiger charge is -2.37. The molecule has 0 radical (unpaired) electrons. The minimum atomic E-state index is -3.37. The van der Waals surface area contributed by atoms with Gasteiger partial charge in [0.05, 0.1) is 0 Å². The Bertz CT molecular complexity index is 392. The van der Waals surface area contributed by atoms with Gasteiger partial charge in [0, 0.05) is 31.7 Å². The zero-order valence-electron chi connectivity index (χ0n) is 10.8.